The number of aromatic amines is 1. The summed E-state index contributed by atoms with van der Waals surface area (Å²) >= 11 is 0. The molecular weight excluding hydrogens is 300 g/mol. The number of carbonyl (C=O) groups excluding carboxylic acids is 1. The molecule has 3 aliphatic carbocycles. The summed E-state index contributed by atoms with van der Waals surface area (Å²) in [5.74, 6) is -0.335. The van der Waals surface area contributed by atoms with Crippen LogP contribution in [-0.2, 0) is 22.7 Å². The van der Waals surface area contributed by atoms with Gasteiger partial charge in [0.2, 0.25) is 5.91 Å². The van der Waals surface area contributed by atoms with Crippen LogP contribution in [0.3, 0.4) is 0 Å². The molecule has 0 radical (unpaired) electrons. The van der Waals surface area contributed by atoms with E-state index in [1.807, 2.05) is 0 Å². The highest BCUT2D eigenvalue weighted by Gasteiger charge is 2.43. The Labute approximate surface area is 131 Å². The van der Waals surface area contributed by atoms with Gasteiger partial charge in [0.05, 0.1) is 13.1 Å². The van der Waals surface area contributed by atoms with Crippen molar-refractivity contribution in [1.29, 1.82) is 0 Å². The van der Waals surface area contributed by atoms with Crippen LogP contribution in [0, 0.1) is 17.8 Å². The van der Waals surface area contributed by atoms with E-state index < -0.39 is 17.7 Å². The maximum Gasteiger partial charge on any atom is 0.343 e. The summed E-state index contributed by atoms with van der Waals surface area (Å²) < 4.78 is 1.30. The summed E-state index contributed by atoms with van der Waals surface area (Å²) in [6, 6.07) is -1.02. The molecule has 2 bridgehead atoms. The minimum Gasteiger partial charge on any atom is -0.480 e. The number of aliphatic carboxylic acids is 1. The minimum absolute atomic E-state index is 0.0532. The molecule has 1 fully saturated rings. The highest BCUT2D eigenvalue weighted by molar-refractivity contribution is 5.85. The minimum atomic E-state index is -1.09. The van der Waals surface area contributed by atoms with Crippen molar-refractivity contribution in [2.24, 2.45) is 17.8 Å². The molecule has 1 aromatic rings. The Hall–Kier alpha value is -2.38. The molecule has 2 heterocycles. The number of aromatic nitrogens is 3. The Morgan fingerprint density at radius 3 is 2.74 bits per heavy atom. The molecule has 4 atom stereocenters. The SMILES string of the molecule is O=C(O)C1Cn2c(n[nH]c2=O)CN1C(=O)[C@@H]1C[C@@H]2C=C[C@H]1CC2. The van der Waals surface area contributed by atoms with E-state index in [2.05, 4.69) is 22.3 Å². The quantitative estimate of drug-likeness (QED) is 0.744. The van der Waals surface area contributed by atoms with Crippen molar-refractivity contribution in [2.45, 2.75) is 38.4 Å². The van der Waals surface area contributed by atoms with Crippen LogP contribution in [0.4, 0.5) is 0 Å². The smallest absolute Gasteiger partial charge is 0.343 e. The first-order chi connectivity index (χ1) is 11.0. The second-order valence-electron chi connectivity index (χ2n) is 6.60. The molecule has 0 aromatic carbocycles. The van der Waals surface area contributed by atoms with Gasteiger partial charge in [-0.05, 0) is 31.1 Å². The van der Waals surface area contributed by atoms with Crippen LogP contribution in [0.1, 0.15) is 25.1 Å². The summed E-state index contributed by atoms with van der Waals surface area (Å²) in [4.78, 5) is 37.6. The third kappa shape index (κ3) is 2.20. The lowest BCUT2D eigenvalue weighted by Gasteiger charge is -2.41. The molecule has 1 aromatic heterocycles. The maximum absolute atomic E-state index is 13.0. The molecule has 1 aliphatic heterocycles. The Morgan fingerprint density at radius 1 is 1.30 bits per heavy atom. The molecule has 8 heteroatoms. The average molecular weight is 318 g/mol. The van der Waals surface area contributed by atoms with Crippen molar-refractivity contribution in [3.05, 3.63) is 28.5 Å². The summed E-state index contributed by atoms with van der Waals surface area (Å²) in [7, 11) is 0. The van der Waals surface area contributed by atoms with Gasteiger partial charge in [-0.3, -0.25) is 9.36 Å². The number of allylic oxidation sites excluding steroid dienone is 2. The van der Waals surface area contributed by atoms with E-state index in [-0.39, 0.29) is 30.8 Å². The number of fused-ring (bicyclic) bond motifs is 3. The van der Waals surface area contributed by atoms with Crippen molar-refractivity contribution in [3.63, 3.8) is 0 Å². The van der Waals surface area contributed by atoms with Crippen LogP contribution in [0.2, 0.25) is 0 Å². The van der Waals surface area contributed by atoms with Gasteiger partial charge >= 0.3 is 11.7 Å². The number of carboxylic acids is 1. The first-order valence-electron chi connectivity index (χ1n) is 7.90. The number of hydrogen-bond donors (Lipinski definition) is 2. The Bertz CT molecular complexity index is 749. The van der Waals surface area contributed by atoms with Crippen molar-refractivity contribution in [3.8, 4) is 0 Å². The normalized spacial score (nSPS) is 31.9. The number of carbonyl (C=O) groups is 2. The molecular formula is C15H18N4O4. The van der Waals surface area contributed by atoms with Crippen molar-refractivity contribution in [1.82, 2.24) is 19.7 Å². The van der Waals surface area contributed by atoms with Gasteiger partial charge in [0.15, 0.2) is 5.82 Å². The lowest BCUT2D eigenvalue weighted by Crippen LogP contribution is -2.55. The third-order valence-corrected chi connectivity index (χ3v) is 5.34. The first kappa shape index (κ1) is 14.2. The van der Waals surface area contributed by atoms with Crippen LogP contribution >= 0.6 is 0 Å². The van der Waals surface area contributed by atoms with E-state index in [9.17, 15) is 19.5 Å². The second kappa shape index (κ2) is 5.07. The van der Waals surface area contributed by atoms with Gasteiger partial charge in [-0.2, -0.15) is 5.10 Å². The van der Waals surface area contributed by atoms with Crippen molar-refractivity contribution < 1.29 is 14.7 Å². The summed E-state index contributed by atoms with van der Waals surface area (Å²) in [6.45, 7) is 0.00847. The van der Waals surface area contributed by atoms with Crippen molar-refractivity contribution >= 4 is 11.9 Å². The van der Waals surface area contributed by atoms with Crippen LogP contribution in [0.25, 0.3) is 0 Å². The summed E-state index contributed by atoms with van der Waals surface area (Å²) in [6.07, 6.45) is 7.15. The molecule has 1 unspecified atom stereocenters. The number of amides is 1. The average Bonchev–Trinajstić information content (AvgIpc) is 2.94. The lowest BCUT2D eigenvalue weighted by atomic mass is 9.68. The van der Waals surface area contributed by atoms with Crippen LogP contribution in [0.15, 0.2) is 16.9 Å². The predicted octanol–water partition coefficient (Wildman–Crippen LogP) is -0.0309. The molecule has 4 aliphatic rings. The third-order valence-electron chi connectivity index (χ3n) is 5.34. The predicted molar refractivity (Wildman–Crippen MR) is 78.3 cm³/mol. The van der Waals surface area contributed by atoms with E-state index in [1.54, 1.807) is 0 Å². The number of nitrogens with zero attached hydrogens (tertiary/aromatic N) is 3. The van der Waals surface area contributed by atoms with E-state index in [0.29, 0.717) is 11.7 Å². The maximum atomic E-state index is 13.0. The van der Waals surface area contributed by atoms with Crippen molar-refractivity contribution in [2.75, 3.05) is 0 Å². The number of nitrogens with one attached hydrogen (secondary N) is 1. The van der Waals surface area contributed by atoms with Gasteiger partial charge < -0.3 is 10.0 Å². The van der Waals surface area contributed by atoms with Gasteiger partial charge in [-0.15, -0.1) is 0 Å². The standard InChI is InChI=1S/C15H18N4O4/c20-13(10-5-8-1-3-9(10)4-2-8)18-7-12-16-17-15(23)19(12)6-11(18)14(21)22/h1,3,8-11H,2,4-7H2,(H,17,23)(H,21,22)/t8-,9+,10-,11?/m1/s1. The molecule has 122 valence electrons. The Morgan fingerprint density at radius 2 is 2.13 bits per heavy atom. The number of rotatable bonds is 2. The van der Waals surface area contributed by atoms with Gasteiger partial charge in [0.1, 0.15) is 6.04 Å². The zero-order chi connectivity index (χ0) is 16.1. The van der Waals surface area contributed by atoms with E-state index in [4.69, 9.17) is 0 Å². The van der Waals surface area contributed by atoms with Crippen LogP contribution < -0.4 is 5.69 Å². The second-order valence-corrected chi connectivity index (χ2v) is 6.60. The van der Waals surface area contributed by atoms with Crippen LogP contribution in [-0.4, -0.2) is 42.7 Å². The summed E-state index contributed by atoms with van der Waals surface area (Å²) in [5, 5.41) is 15.7. The Kier molecular flexibility index (Phi) is 3.14. The Balaban J connectivity index is 1.64. The number of hydrogen-bond acceptors (Lipinski definition) is 4. The molecule has 23 heavy (non-hydrogen) atoms. The monoisotopic (exact) mass is 318 g/mol. The highest BCUT2D eigenvalue weighted by atomic mass is 16.4. The highest BCUT2D eigenvalue weighted by Crippen LogP contribution is 2.41. The fraction of sp³-hybridized carbons (Fsp3) is 0.600. The molecule has 0 spiro atoms. The molecule has 1 saturated carbocycles. The van der Waals surface area contributed by atoms with Gasteiger partial charge in [0.25, 0.3) is 0 Å². The van der Waals surface area contributed by atoms with Gasteiger partial charge in [-0.1, -0.05) is 12.2 Å². The molecule has 2 N–H and O–H groups in total. The molecule has 5 rings (SSSR count). The summed E-state index contributed by atoms with van der Waals surface area (Å²) in [5.41, 5.74) is -0.432. The zero-order valence-electron chi connectivity index (χ0n) is 12.5. The van der Waals surface area contributed by atoms with E-state index >= 15 is 0 Å². The largest absolute Gasteiger partial charge is 0.480 e. The number of carboxylic acid groups (broad SMARTS) is 1. The molecule has 8 nitrogen and oxygen atoms in total. The number of H-pyrrole nitrogens is 1. The molecule has 1 amide bonds. The first-order valence-corrected chi connectivity index (χ1v) is 7.90. The lowest BCUT2D eigenvalue weighted by molar-refractivity contribution is -0.156. The fourth-order valence-corrected chi connectivity index (χ4v) is 4.06. The zero-order valence-corrected chi connectivity index (χ0v) is 12.5. The topological polar surface area (TPSA) is 108 Å². The van der Waals surface area contributed by atoms with E-state index in [1.165, 1.54) is 9.47 Å². The van der Waals surface area contributed by atoms with Crippen LogP contribution in [0.5, 0.6) is 0 Å². The fourth-order valence-electron chi connectivity index (χ4n) is 4.06. The van der Waals surface area contributed by atoms with Gasteiger partial charge in [-0.25, -0.2) is 14.7 Å². The van der Waals surface area contributed by atoms with E-state index in [0.717, 1.165) is 19.3 Å². The van der Waals surface area contributed by atoms with Gasteiger partial charge in [0, 0.05) is 5.92 Å². The molecule has 0 saturated heterocycles.